The van der Waals surface area contributed by atoms with E-state index in [0.717, 1.165) is 22.8 Å². The van der Waals surface area contributed by atoms with Crippen molar-refractivity contribution in [2.24, 2.45) is 0 Å². The predicted molar refractivity (Wildman–Crippen MR) is 78.8 cm³/mol. The van der Waals surface area contributed by atoms with Crippen LogP contribution in [-0.4, -0.2) is 22.1 Å². The number of rotatable bonds is 5. The van der Waals surface area contributed by atoms with Gasteiger partial charge < -0.3 is 10.1 Å². The van der Waals surface area contributed by atoms with E-state index in [0.29, 0.717) is 24.1 Å². The van der Waals surface area contributed by atoms with E-state index < -0.39 is 0 Å². The van der Waals surface area contributed by atoms with Gasteiger partial charge in [0.25, 0.3) is 0 Å². The van der Waals surface area contributed by atoms with Crippen molar-refractivity contribution in [2.45, 2.75) is 27.0 Å². The van der Waals surface area contributed by atoms with Crippen molar-refractivity contribution in [3.05, 3.63) is 46.1 Å². The number of halogens is 1. The molecule has 1 N–H and O–H groups in total. The van der Waals surface area contributed by atoms with E-state index in [2.05, 4.69) is 20.3 Å². The van der Waals surface area contributed by atoms with E-state index in [-0.39, 0.29) is 0 Å². The predicted octanol–water partition coefficient (Wildman–Crippen LogP) is 2.90. The van der Waals surface area contributed by atoms with Crippen LogP contribution in [-0.2, 0) is 17.9 Å². The fourth-order valence-corrected chi connectivity index (χ4v) is 2.18. The summed E-state index contributed by atoms with van der Waals surface area (Å²) < 4.78 is 5.05. The van der Waals surface area contributed by atoms with Crippen LogP contribution in [0.3, 0.4) is 0 Å². The lowest BCUT2D eigenvalue weighted by Gasteiger charge is -2.09. The number of aryl methyl sites for hydroxylation is 2. The third-order valence-corrected chi connectivity index (χ3v) is 2.82. The van der Waals surface area contributed by atoms with Gasteiger partial charge in [0.2, 0.25) is 0 Å². The molecule has 5 nitrogen and oxygen atoms in total. The molecule has 0 aliphatic heterocycles. The molecule has 0 fully saturated rings. The highest BCUT2D eigenvalue weighted by Gasteiger charge is 2.03. The quantitative estimate of drug-likeness (QED) is 0.859. The van der Waals surface area contributed by atoms with Crippen molar-refractivity contribution in [3.8, 4) is 0 Å². The van der Waals surface area contributed by atoms with Gasteiger partial charge in [-0.05, 0) is 31.5 Å². The molecule has 2 heterocycles. The first-order chi connectivity index (χ1) is 9.56. The zero-order chi connectivity index (χ0) is 14.5. The second kappa shape index (κ2) is 6.63. The Morgan fingerprint density at radius 2 is 1.85 bits per heavy atom. The summed E-state index contributed by atoms with van der Waals surface area (Å²) in [6, 6.07) is 5.73. The number of aromatic nitrogens is 3. The van der Waals surface area contributed by atoms with Crippen molar-refractivity contribution in [3.63, 3.8) is 0 Å². The van der Waals surface area contributed by atoms with Crippen LogP contribution >= 0.6 is 11.6 Å². The second-order valence-electron chi connectivity index (χ2n) is 4.54. The zero-order valence-corrected chi connectivity index (χ0v) is 12.5. The Kier molecular flexibility index (Phi) is 4.87. The third-order valence-electron chi connectivity index (χ3n) is 2.63. The van der Waals surface area contributed by atoms with E-state index in [1.54, 1.807) is 7.11 Å². The number of pyridine rings is 1. The van der Waals surface area contributed by atoms with Gasteiger partial charge in [0.1, 0.15) is 17.6 Å². The Morgan fingerprint density at radius 3 is 2.55 bits per heavy atom. The van der Waals surface area contributed by atoms with E-state index in [4.69, 9.17) is 16.3 Å². The maximum atomic E-state index is 5.94. The van der Waals surface area contributed by atoms with Crippen LogP contribution in [0.5, 0.6) is 0 Å². The minimum atomic E-state index is 0.399. The maximum Gasteiger partial charge on any atom is 0.156 e. The topological polar surface area (TPSA) is 59.9 Å². The highest BCUT2D eigenvalue weighted by molar-refractivity contribution is 6.29. The van der Waals surface area contributed by atoms with Crippen molar-refractivity contribution < 1.29 is 4.74 Å². The number of ether oxygens (including phenoxy) is 1. The molecule has 20 heavy (non-hydrogen) atoms. The fourth-order valence-electron chi connectivity index (χ4n) is 1.90. The summed E-state index contributed by atoms with van der Waals surface area (Å²) in [6.07, 6.45) is 0. The van der Waals surface area contributed by atoms with Crippen molar-refractivity contribution in [2.75, 3.05) is 12.4 Å². The Bertz CT molecular complexity index is 583. The van der Waals surface area contributed by atoms with Crippen molar-refractivity contribution in [1.82, 2.24) is 15.0 Å². The molecule has 2 rings (SSSR count). The number of methoxy groups -OCH3 is 1. The minimum Gasteiger partial charge on any atom is -0.377 e. The van der Waals surface area contributed by atoms with Crippen LogP contribution in [0.15, 0.2) is 18.2 Å². The first-order valence-electron chi connectivity index (χ1n) is 6.27. The largest absolute Gasteiger partial charge is 0.377 e. The van der Waals surface area contributed by atoms with Crippen LogP contribution in [0, 0.1) is 13.8 Å². The van der Waals surface area contributed by atoms with Gasteiger partial charge in [0.05, 0.1) is 0 Å². The molecule has 0 saturated heterocycles. The Hall–Kier alpha value is -1.72. The van der Waals surface area contributed by atoms with E-state index in [9.17, 15) is 0 Å². The molecule has 2 aromatic heterocycles. The summed E-state index contributed by atoms with van der Waals surface area (Å²) in [4.78, 5) is 12.8. The average molecular weight is 293 g/mol. The van der Waals surface area contributed by atoms with Gasteiger partial charge >= 0.3 is 0 Å². The highest BCUT2D eigenvalue weighted by atomic mass is 35.5. The van der Waals surface area contributed by atoms with E-state index >= 15 is 0 Å². The van der Waals surface area contributed by atoms with Gasteiger partial charge in [-0.25, -0.2) is 15.0 Å². The number of nitrogens with zero attached hydrogens (tertiary/aromatic N) is 3. The summed E-state index contributed by atoms with van der Waals surface area (Å²) >= 11 is 5.94. The lowest BCUT2D eigenvalue weighted by molar-refractivity contribution is 0.177. The number of hydrogen-bond acceptors (Lipinski definition) is 5. The summed E-state index contributed by atoms with van der Waals surface area (Å²) in [6.45, 7) is 4.88. The van der Waals surface area contributed by atoms with E-state index in [1.807, 2.05) is 32.0 Å². The Labute approximate surface area is 123 Å². The molecular formula is C14H17ClN4O. The summed E-state index contributed by atoms with van der Waals surface area (Å²) in [5.41, 5.74) is 2.86. The Morgan fingerprint density at radius 1 is 1.10 bits per heavy atom. The van der Waals surface area contributed by atoms with Crippen LogP contribution < -0.4 is 5.32 Å². The van der Waals surface area contributed by atoms with Crippen molar-refractivity contribution >= 4 is 17.4 Å². The van der Waals surface area contributed by atoms with Gasteiger partial charge in [0.15, 0.2) is 5.82 Å². The fraction of sp³-hybridized carbons (Fsp3) is 0.357. The molecule has 0 aromatic carbocycles. The SMILES string of the molecule is COCc1nc(C)cc(NCc2cc(C)nc(Cl)c2)n1. The molecule has 0 amide bonds. The highest BCUT2D eigenvalue weighted by Crippen LogP contribution is 2.13. The van der Waals surface area contributed by atoms with Crippen LogP contribution in [0.25, 0.3) is 0 Å². The molecule has 0 aliphatic carbocycles. The standard InChI is InChI=1S/C14H17ClN4O/c1-9-4-11(6-12(15)17-9)7-16-13-5-10(2)18-14(19-13)8-20-3/h4-6H,7-8H2,1-3H3,(H,16,18,19). The number of nitrogens with one attached hydrogen (secondary N) is 1. The normalized spacial score (nSPS) is 10.6. The number of anilines is 1. The van der Waals surface area contributed by atoms with Crippen molar-refractivity contribution in [1.29, 1.82) is 0 Å². The van der Waals surface area contributed by atoms with Gasteiger partial charge in [-0.1, -0.05) is 11.6 Å². The first-order valence-corrected chi connectivity index (χ1v) is 6.65. The molecule has 0 aliphatic rings. The summed E-state index contributed by atoms with van der Waals surface area (Å²) in [5.74, 6) is 1.44. The van der Waals surface area contributed by atoms with Gasteiger partial charge in [-0.3, -0.25) is 0 Å². The van der Waals surface area contributed by atoms with E-state index in [1.165, 1.54) is 0 Å². The van der Waals surface area contributed by atoms with Crippen LogP contribution in [0.2, 0.25) is 5.15 Å². The zero-order valence-electron chi connectivity index (χ0n) is 11.8. The molecule has 0 radical (unpaired) electrons. The molecule has 6 heteroatoms. The van der Waals surface area contributed by atoms with Crippen LogP contribution in [0.1, 0.15) is 22.8 Å². The molecule has 2 aromatic rings. The molecular weight excluding hydrogens is 276 g/mol. The average Bonchev–Trinajstić information content (AvgIpc) is 2.35. The summed E-state index contributed by atoms with van der Waals surface area (Å²) in [7, 11) is 1.63. The smallest absolute Gasteiger partial charge is 0.156 e. The summed E-state index contributed by atoms with van der Waals surface area (Å²) in [5, 5.41) is 3.76. The lowest BCUT2D eigenvalue weighted by Crippen LogP contribution is -2.06. The van der Waals surface area contributed by atoms with Gasteiger partial charge in [-0.15, -0.1) is 0 Å². The maximum absolute atomic E-state index is 5.94. The molecule has 106 valence electrons. The van der Waals surface area contributed by atoms with Gasteiger partial charge in [-0.2, -0.15) is 0 Å². The second-order valence-corrected chi connectivity index (χ2v) is 4.92. The Balaban J connectivity index is 2.10. The molecule has 0 unspecified atom stereocenters. The molecule has 0 atom stereocenters. The molecule has 0 spiro atoms. The molecule has 0 saturated carbocycles. The monoisotopic (exact) mass is 292 g/mol. The van der Waals surface area contributed by atoms with Crippen LogP contribution in [0.4, 0.5) is 5.82 Å². The minimum absolute atomic E-state index is 0.399. The van der Waals surface area contributed by atoms with Gasteiger partial charge in [0, 0.05) is 31.1 Å². The third kappa shape index (κ3) is 4.15. The lowest BCUT2D eigenvalue weighted by atomic mass is 10.2. The number of hydrogen-bond donors (Lipinski definition) is 1. The molecule has 0 bridgehead atoms. The first kappa shape index (κ1) is 14.7.